The summed E-state index contributed by atoms with van der Waals surface area (Å²) in [5.74, 6) is 9.46. The van der Waals surface area contributed by atoms with E-state index in [0.29, 0.717) is 13.1 Å². The number of rotatable bonds is 9. The summed E-state index contributed by atoms with van der Waals surface area (Å²) in [6.07, 6.45) is 15.7. The van der Waals surface area contributed by atoms with Crippen LogP contribution in [-0.4, -0.2) is 37.1 Å². The summed E-state index contributed by atoms with van der Waals surface area (Å²) in [6.45, 7) is 5.07. The van der Waals surface area contributed by atoms with Crippen molar-refractivity contribution in [1.82, 2.24) is 9.80 Å². The molecule has 0 fully saturated rings. The lowest BCUT2D eigenvalue weighted by atomic mass is 10.0. The molecule has 0 atom stereocenters. The first-order valence-electron chi connectivity index (χ1n) is 15.8. The molecule has 4 heteroatoms. The normalized spacial score (nSPS) is 11.3. The molecule has 6 rings (SSSR count). The number of nitrogens with zero attached hydrogens (tertiary/aromatic N) is 2. The van der Waals surface area contributed by atoms with Crippen molar-refractivity contribution < 1.29 is 9.47 Å². The Morgan fingerprint density at radius 2 is 1.12 bits per heavy atom. The molecular weight excluding hydrogens is 588 g/mol. The Morgan fingerprint density at radius 1 is 0.604 bits per heavy atom. The van der Waals surface area contributed by atoms with Crippen LogP contribution < -0.4 is 9.47 Å². The second-order valence-corrected chi connectivity index (χ2v) is 11.3. The Labute approximate surface area is 287 Å². The lowest BCUT2D eigenvalue weighted by Gasteiger charge is -2.16. The van der Waals surface area contributed by atoms with Gasteiger partial charge in [-0.15, -0.1) is 19.3 Å². The summed E-state index contributed by atoms with van der Waals surface area (Å²) in [4.78, 5) is 4.55. The molecule has 5 aromatic rings. The van der Waals surface area contributed by atoms with E-state index in [9.17, 15) is 0 Å². The molecule has 4 nitrogen and oxygen atoms in total. The summed E-state index contributed by atoms with van der Waals surface area (Å²) >= 11 is 0. The number of ether oxygens (including phenoxy) is 2. The highest BCUT2D eigenvalue weighted by Crippen LogP contribution is 2.30. The first-order chi connectivity index (χ1) is 23.5. The SMILES string of the molecule is C#CCN(CC#C)Cc1ccccc1.C#Cc1ccc(OC)cc1.COc1ccc(-c2ccc3c(c2)CN(Cc2ccccc2)C3)cc1. The van der Waals surface area contributed by atoms with Crippen molar-refractivity contribution in [3.63, 3.8) is 0 Å². The van der Waals surface area contributed by atoms with Gasteiger partial charge in [0.15, 0.2) is 0 Å². The quantitative estimate of drug-likeness (QED) is 0.153. The molecule has 1 aliphatic rings. The van der Waals surface area contributed by atoms with Gasteiger partial charge in [-0.3, -0.25) is 9.80 Å². The summed E-state index contributed by atoms with van der Waals surface area (Å²) < 4.78 is 10.2. The van der Waals surface area contributed by atoms with Gasteiger partial charge in [-0.25, -0.2) is 0 Å². The first kappa shape index (κ1) is 35.2. The highest BCUT2D eigenvalue weighted by molar-refractivity contribution is 5.66. The second-order valence-electron chi connectivity index (χ2n) is 11.3. The molecule has 1 aliphatic heterocycles. The van der Waals surface area contributed by atoms with Crippen LogP contribution >= 0.6 is 0 Å². The first-order valence-corrected chi connectivity index (χ1v) is 15.8. The van der Waals surface area contributed by atoms with Gasteiger partial charge in [-0.1, -0.05) is 103 Å². The Balaban J connectivity index is 0.000000184. The van der Waals surface area contributed by atoms with Gasteiger partial charge in [0.25, 0.3) is 0 Å². The molecule has 0 radical (unpaired) electrons. The molecule has 0 aliphatic carbocycles. The lowest BCUT2D eigenvalue weighted by Crippen LogP contribution is -2.23. The van der Waals surface area contributed by atoms with E-state index in [4.69, 9.17) is 28.7 Å². The minimum atomic E-state index is 0.596. The molecule has 0 amide bonds. The Bertz CT molecular complexity index is 1800. The second kappa shape index (κ2) is 19.1. The van der Waals surface area contributed by atoms with Crippen LogP contribution in [0.25, 0.3) is 11.1 Å². The minimum absolute atomic E-state index is 0.596. The smallest absolute Gasteiger partial charge is 0.118 e. The Kier molecular flexibility index (Phi) is 14.0. The summed E-state index contributed by atoms with van der Waals surface area (Å²) in [6, 6.07) is 43.4. The topological polar surface area (TPSA) is 24.9 Å². The molecule has 1 heterocycles. The van der Waals surface area contributed by atoms with Gasteiger partial charge in [0.2, 0.25) is 0 Å². The number of terminal acetylenes is 3. The van der Waals surface area contributed by atoms with E-state index >= 15 is 0 Å². The monoisotopic (exact) mass is 630 g/mol. The third kappa shape index (κ3) is 11.0. The molecule has 48 heavy (non-hydrogen) atoms. The van der Waals surface area contributed by atoms with Crippen LogP contribution in [0.3, 0.4) is 0 Å². The third-order valence-electron chi connectivity index (χ3n) is 7.80. The van der Waals surface area contributed by atoms with Crippen molar-refractivity contribution in [3.05, 3.63) is 155 Å². The van der Waals surface area contributed by atoms with Crippen LogP contribution in [0.15, 0.2) is 127 Å². The maximum atomic E-state index is 5.25. The van der Waals surface area contributed by atoms with E-state index in [1.54, 1.807) is 14.2 Å². The molecule has 0 saturated carbocycles. The fourth-order valence-corrected chi connectivity index (χ4v) is 5.34. The standard InChI is InChI=1S/C22H21NO.C13H13N.C9H8O/c1-24-22-11-9-18(10-12-22)19-7-8-20-15-23(16-21(20)13-19)14-17-5-3-2-4-6-17;1-3-10-14(11-4-2)12-13-8-6-5-7-9-13;1-3-8-4-6-9(10-2)7-5-8/h2-13H,14-16H2,1H3;1-2,5-9H,10-12H2;1,4-7H,2H3. The highest BCUT2D eigenvalue weighted by atomic mass is 16.5. The van der Waals surface area contributed by atoms with Crippen molar-refractivity contribution in [2.45, 2.75) is 26.2 Å². The Morgan fingerprint density at radius 3 is 1.67 bits per heavy atom. The fourth-order valence-electron chi connectivity index (χ4n) is 5.34. The summed E-state index contributed by atoms with van der Waals surface area (Å²) in [5, 5.41) is 0. The fraction of sp³-hybridized carbons (Fsp3) is 0.182. The molecule has 240 valence electrons. The van der Waals surface area contributed by atoms with E-state index in [1.807, 2.05) is 54.6 Å². The Hall–Kier alpha value is -5.70. The van der Waals surface area contributed by atoms with E-state index in [2.05, 4.69) is 100 Å². The van der Waals surface area contributed by atoms with E-state index in [1.165, 1.54) is 33.4 Å². The molecule has 0 bridgehead atoms. The molecular formula is C44H42N2O2. The number of methoxy groups -OCH3 is 2. The van der Waals surface area contributed by atoms with Crippen molar-refractivity contribution in [2.24, 2.45) is 0 Å². The maximum Gasteiger partial charge on any atom is 0.118 e. The van der Waals surface area contributed by atoms with Crippen LogP contribution in [-0.2, 0) is 26.2 Å². The van der Waals surface area contributed by atoms with Gasteiger partial charge in [0.05, 0.1) is 27.3 Å². The summed E-state index contributed by atoms with van der Waals surface area (Å²) in [5.41, 5.74) is 8.89. The average molecular weight is 631 g/mol. The molecule has 0 spiro atoms. The van der Waals surface area contributed by atoms with Gasteiger partial charge in [-0.05, 0) is 75.8 Å². The van der Waals surface area contributed by atoms with Gasteiger partial charge >= 0.3 is 0 Å². The average Bonchev–Trinajstić information content (AvgIpc) is 3.55. The molecule has 0 aromatic heterocycles. The largest absolute Gasteiger partial charge is 0.497 e. The van der Waals surface area contributed by atoms with E-state index < -0.39 is 0 Å². The summed E-state index contributed by atoms with van der Waals surface area (Å²) in [7, 11) is 3.33. The van der Waals surface area contributed by atoms with Crippen LogP contribution in [0.5, 0.6) is 11.5 Å². The van der Waals surface area contributed by atoms with E-state index in [0.717, 1.165) is 43.2 Å². The molecule has 0 N–H and O–H groups in total. The number of hydrogen-bond donors (Lipinski definition) is 0. The van der Waals surface area contributed by atoms with Crippen molar-refractivity contribution in [1.29, 1.82) is 0 Å². The van der Waals surface area contributed by atoms with Crippen LogP contribution in [0.1, 0.15) is 27.8 Å². The van der Waals surface area contributed by atoms with Crippen molar-refractivity contribution in [3.8, 4) is 59.7 Å². The predicted molar refractivity (Wildman–Crippen MR) is 198 cm³/mol. The van der Waals surface area contributed by atoms with Gasteiger partial charge in [-0.2, -0.15) is 0 Å². The van der Waals surface area contributed by atoms with Crippen LogP contribution in [0.4, 0.5) is 0 Å². The third-order valence-corrected chi connectivity index (χ3v) is 7.80. The van der Waals surface area contributed by atoms with Crippen LogP contribution in [0.2, 0.25) is 0 Å². The number of benzene rings is 5. The molecule has 0 saturated heterocycles. The van der Waals surface area contributed by atoms with Crippen molar-refractivity contribution in [2.75, 3.05) is 27.3 Å². The highest BCUT2D eigenvalue weighted by Gasteiger charge is 2.19. The zero-order valence-electron chi connectivity index (χ0n) is 27.8. The van der Waals surface area contributed by atoms with Gasteiger partial charge in [0.1, 0.15) is 11.5 Å². The lowest BCUT2D eigenvalue weighted by molar-refractivity contribution is 0.275. The molecule has 5 aromatic carbocycles. The van der Waals surface area contributed by atoms with Gasteiger partial charge < -0.3 is 9.47 Å². The zero-order chi connectivity index (χ0) is 34.0. The number of hydrogen-bond acceptors (Lipinski definition) is 4. The zero-order valence-corrected chi connectivity index (χ0v) is 27.8. The minimum Gasteiger partial charge on any atom is -0.497 e. The van der Waals surface area contributed by atoms with Crippen molar-refractivity contribution >= 4 is 0 Å². The predicted octanol–water partition coefficient (Wildman–Crippen LogP) is 8.31. The number of fused-ring (bicyclic) bond motifs is 1. The van der Waals surface area contributed by atoms with Crippen LogP contribution in [0, 0.1) is 37.0 Å². The molecule has 0 unspecified atom stereocenters. The van der Waals surface area contributed by atoms with Gasteiger partial charge in [0, 0.05) is 31.7 Å². The van der Waals surface area contributed by atoms with E-state index in [-0.39, 0.29) is 0 Å². The maximum absolute atomic E-state index is 5.25.